The molecule has 0 radical (unpaired) electrons. The maximum Gasteiger partial charge on any atom is 0.303 e. The van der Waals surface area contributed by atoms with Crippen LogP contribution in [0, 0.1) is 12.8 Å². The largest absolute Gasteiger partial charge is 0.481 e. The molecule has 0 bridgehead atoms. The molecule has 136 valence electrons. The molecule has 2 aliphatic rings. The highest BCUT2D eigenvalue weighted by molar-refractivity contribution is 5.85. The number of nitrogens with one attached hydrogen (secondary N) is 1. The number of amides is 1. The van der Waals surface area contributed by atoms with Crippen LogP contribution in [0.5, 0.6) is 0 Å². The number of anilines is 1. The van der Waals surface area contributed by atoms with Crippen LogP contribution in [-0.4, -0.2) is 46.1 Å². The molecule has 1 aromatic rings. The molecule has 3 atom stereocenters. The number of aryl methyl sites for hydroxylation is 2. The van der Waals surface area contributed by atoms with Gasteiger partial charge < -0.3 is 15.3 Å². The summed E-state index contributed by atoms with van der Waals surface area (Å²) >= 11 is 0. The van der Waals surface area contributed by atoms with Gasteiger partial charge in [0, 0.05) is 31.3 Å². The van der Waals surface area contributed by atoms with Gasteiger partial charge in [-0.25, -0.2) is 9.97 Å². The highest BCUT2D eigenvalue weighted by Crippen LogP contribution is 2.41. The number of fused-ring (bicyclic) bond motifs is 1. The van der Waals surface area contributed by atoms with E-state index in [1.807, 2.05) is 13.0 Å². The summed E-state index contributed by atoms with van der Waals surface area (Å²) in [4.78, 5) is 34.4. The second-order valence-corrected chi connectivity index (χ2v) is 7.04. The van der Waals surface area contributed by atoms with Crippen molar-refractivity contribution >= 4 is 17.7 Å². The van der Waals surface area contributed by atoms with Gasteiger partial charge in [-0.3, -0.25) is 9.59 Å². The molecule has 1 saturated heterocycles. The van der Waals surface area contributed by atoms with Crippen LogP contribution in [0.3, 0.4) is 0 Å². The van der Waals surface area contributed by atoms with Gasteiger partial charge in [-0.1, -0.05) is 12.8 Å². The molecule has 7 nitrogen and oxygen atoms in total. The molecule has 1 amide bonds. The molecule has 2 N–H and O–H groups in total. The average Bonchev–Trinajstić information content (AvgIpc) is 2.98. The van der Waals surface area contributed by atoms with Crippen molar-refractivity contribution < 1.29 is 14.7 Å². The lowest BCUT2D eigenvalue weighted by Crippen LogP contribution is -2.46. The molecule has 1 aliphatic carbocycles. The van der Waals surface area contributed by atoms with Crippen LogP contribution in [0.4, 0.5) is 5.82 Å². The van der Waals surface area contributed by atoms with Crippen LogP contribution < -0.4 is 10.2 Å². The van der Waals surface area contributed by atoms with Crippen molar-refractivity contribution in [3.63, 3.8) is 0 Å². The highest BCUT2D eigenvalue weighted by Gasteiger charge is 2.45. The van der Waals surface area contributed by atoms with Gasteiger partial charge >= 0.3 is 5.97 Å². The lowest BCUT2D eigenvalue weighted by Gasteiger charge is -2.34. The molecule has 1 saturated carbocycles. The Labute approximate surface area is 147 Å². The van der Waals surface area contributed by atoms with Crippen molar-refractivity contribution in [2.24, 2.45) is 5.92 Å². The quantitative estimate of drug-likeness (QED) is 0.842. The van der Waals surface area contributed by atoms with Crippen molar-refractivity contribution in [3.05, 3.63) is 17.6 Å². The zero-order valence-corrected chi connectivity index (χ0v) is 14.9. The van der Waals surface area contributed by atoms with E-state index in [0.717, 1.165) is 30.8 Å². The third-order valence-corrected chi connectivity index (χ3v) is 5.37. The van der Waals surface area contributed by atoms with Gasteiger partial charge in [-0.05, 0) is 32.1 Å². The Morgan fingerprint density at radius 2 is 2.08 bits per heavy atom. The molecular weight excluding hydrogens is 320 g/mol. The lowest BCUT2D eigenvalue weighted by molar-refractivity contribution is -0.137. The number of aliphatic carboxylic acids is 1. The first-order valence-electron chi connectivity index (χ1n) is 9.06. The predicted molar refractivity (Wildman–Crippen MR) is 93.4 cm³/mol. The summed E-state index contributed by atoms with van der Waals surface area (Å²) < 4.78 is 0. The third-order valence-electron chi connectivity index (χ3n) is 5.37. The Morgan fingerprint density at radius 3 is 2.80 bits per heavy atom. The molecule has 2 heterocycles. The Kier molecular flexibility index (Phi) is 5.20. The summed E-state index contributed by atoms with van der Waals surface area (Å²) in [7, 11) is 1.67. The van der Waals surface area contributed by atoms with Crippen molar-refractivity contribution in [1.29, 1.82) is 0 Å². The standard InChI is InChI=1S/C18H26N4O3/c1-11-20-13(7-8-17(23)24)10-16(21-11)22-14-6-4-3-5-12(14)9-15(22)18(25)19-2/h10,12,14-15H,3-9H2,1-2H3,(H,19,25)(H,23,24)/t12-,14-,15-/m0/s1. The first-order valence-corrected chi connectivity index (χ1v) is 9.06. The van der Waals surface area contributed by atoms with Crippen LogP contribution in [0.2, 0.25) is 0 Å². The lowest BCUT2D eigenvalue weighted by atomic mass is 9.84. The number of hydrogen-bond donors (Lipinski definition) is 2. The van der Waals surface area contributed by atoms with Gasteiger partial charge in [0.25, 0.3) is 0 Å². The molecule has 7 heteroatoms. The molecule has 1 aromatic heterocycles. The summed E-state index contributed by atoms with van der Waals surface area (Å²) in [5, 5.41) is 11.7. The first-order chi connectivity index (χ1) is 12.0. The van der Waals surface area contributed by atoms with Crippen molar-refractivity contribution in [1.82, 2.24) is 15.3 Å². The number of carboxylic acids is 1. The highest BCUT2D eigenvalue weighted by atomic mass is 16.4. The van der Waals surface area contributed by atoms with Crippen LogP contribution in [-0.2, 0) is 16.0 Å². The minimum atomic E-state index is -0.838. The molecule has 1 aliphatic heterocycles. The van der Waals surface area contributed by atoms with E-state index >= 15 is 0 Å². The van der Waals surface area contributed by atoms with Gasteiger partial charge in [0.1, 0.15) is 17.7 Å². The van der Waals surface area contributed by atoms with Gasteiger partial charge in [0.15, 0.2) is 0 Å². The number of carbonyl (C=O) groups excluding carboxylic acids is 1. The van der Waals surface area contributed by atoms with E-state index in [0.29, 0.717) is 24.2 Å². The number of carboxylic acid groups (broad SMARTS) is 1. The number of aromatic nitrogens is 2. The number of nitrogens with zero attached hydrogens (tertiary/aromatic N) is 3. The van der Waals surface area contributed by atoms with E-state index in [4.69, 9.17) is 5.11 Å². The third kappa shape index (κ3) is 3.75. The Bertz CT molecular complexity index is 664. The second-order valence-electron chi connectivity index (χ2n) is 7.04. The zero-order chi connectivity index (χ0) is 18.0. The second kappa shape index (κ2) is 7.37. The topological polar surface area (TPSA) is 95.4 Å². The van der Waals surface area contributed by atoms with Crippen LogP contribution in [0.25, 0.3) is 0 Å². The Morgan fingerprint density at radius 1 is 1.32 bits per heavy atom. The monoisotopic (exact) mass is 346 g/mol. The van der Waals surface area contributed by atoms with Gasteiger partial charge in [-0.15, -0.1) is 0 Å². The van der Waals surface area contributed by atoms with Crippen LogP contribution >= 0.6 is 0 Å². The Hall–Kier alpha value is -2.18. The summed E-state index contributed by atoms with van der Waals surface area (Å²) in [6.45, 7) is 1.82. The fourth-order valence-corrected chi connectivity index (χ4v) is 4.30. The SMILES string of the molecule is CNC(=O)[C@@H]1C[C@@H]2CCCC[C@@H]2N1c1cc(CCC(=O)O)nc(C)n1. The van der Waals surface area contributed by atoms with Crippen molar-refractivity contribution in [2.75, 3.05) is 11.9 Å². The number of rotatable bonds is 5. The van der Waals surface area contributed by atoms with Crippen LogP contribution in [0.1, 0.15) is 50.0 Å². The summed E-state index contributed by atoms with van der Waals surface area (Å²) in [5.41, 5.74) is 0.722. The minimum Gasteiger partial charge on any atom is -0.481 e. The summed E-state index contributed by atoms with van der Waals surface area (Å²) in [5.74, 6) is 1.09. The molecular formula is C18H26N4O3. The van der Waals surface area contributed by atoms with E-state index in [2.05, 4.69) is 20.2 Å². The van der Waals surface area contributed by atoms with Gasteiger partial charge in [0.2, 0.25) is 5.91 Å². The number of hydrogen-bond acceptors (Lipinski definition) is 5. The minimum absolute atomic E-state index is 0.0257. The van der Waals surface area contributed by atoms with Crippen molar-refractivity contribution in [2.45, 2.75) is 64.0 Å². The Balaban J connectivity index is 1.93. The fraction of sp³-hybridized carbons (Fsp3) is 0.667. The molecule has 3 rings (SSSR count). The van der Waals surface area contributed by atoms with Gasteiger partial charge in [0.05, 0.1) is 6.42 Å². The fourth-order valence-electron chi connectivity index (χ4n) is 4.30. The normalized spacial score (nSPS) is 25.5. The van der Waals surface area contributed by atoms with E-state index in [1.54, 1.807) is 7.05 Å². The maximum atomic E-state index is 12.5. The van der Waals surface area contributed by atoms with Crippen LogP contribution in [0.15, 0.2) is 6.07 Å². The average molecular weight is 346 g/mol. The maximum absolute atomic E-state index is 12.5. The summed E-state index contributed by atoms with van der Waals surface area (Å²) in [6, 6.07) is 1.99. The van der Waals surface area contributed by atoms with E-state index in [-0.39, 0.29) is 18.4 Å². The summed E-state index contributed by atoms with van der Waals surface area (Å²) in [6.07, 6.45) is 5.91. The van der Waals surface area contributed by atoms with E-state index < -0.39 is 5.97 Å². The van der Waals surface area contributed by atoms with Gasteiger partial charge in [-0.2, -0.15) is 0 Å². The van der Waals surface area contributed by atoms with E-state index in [1.165, 1.54) is 12.8 Å². The molecule has 0 aromatic carbocycles. The molecule has 0 unspecified atom stereocenters. The van der Waals surface area contributed by atoms with E-state index in [9.17, 15) is 9.59 Å². The van der Waals surface area contributed by atoms with Crippen molar-refractivity contribution in [3.8, 4) is 0 Å². The molecule has 2 fully saturated rings. The smallest absolute Gasteiger partial charge is 0.303 e. The molecule has 25 heavy (non-hydrogen) atoms. The zero-order valence-electron chi connectivity index (χ0n) is 14.9. The number of carbonyl (C=O) groups is 2. The number of likely N-dealkylation sites (N-methyl/N-ethyl adjacent to an activating group) is 1. The molecule has 0 spiro atoms. The first kappa shape index (κ1) is 17.6. The predicted octanol–water partition coefficient (Wildman–Crippen LogP) is 1.69.